The number of benzene rings is 3. The first-order chi connectivity index (χ1) is 18.2. The standard InChI is InChI=1S/C28H27N7O3/c1-5-23-31-34(4)28(38)35(23)20-11-9-17(10-12-20)21-13-14-22-24(16(21)2)25(32-33(22)3)27(37)30-19-8-6-7-18(15-19)26(29)36/h6-15H,5H2,1-4H3,(H2,29,36)(H,30,37). The molecule has 0 aliphatic rings. The summed E-state index contributed by atoms with van der Waals surface area (Å²) in [6.07, 6.45) is 0.631. The summed E-state index contributed by atoms with van der Waals surface area (Å²) in [5.41, 5.74) is 10.5. The number of nitrogens with two attached hydrogens (primary N) is 1. The number of nitrogens with one attached hydrogen (secondary N) is 1. The lowest BCUT2D eigenvalue weighted by atomic mass is 9.96. The smallest absolute Gasteiger partial charge is 0.350 e. The van der Waals surface area contributed by atoms with E-state index in [4.69, 9.17) is 5.73 Å². The number of aryl methyl sites for hydroxylation is 4. The summed E-state index contributed by atoms with van der Waals surface area (Å²) in [6, 6.07) is 18.1. The number of aromatic nitrogens is 5. The summed E-state index contributed by atoms with van der Waals surface area (Å²) in [5, 5.41) is 12.3. The molecular formula is C28H27N7O3. The quantitative estimate of drug-likeness (QED) is 0.363. The summed E-state index contributed by atoms with van der Waals surface area (Å²) in [4.78, 5) is 37.4. The Bertz CT molecular complexity index is 1780. The van der Waals surface area contributed by atoms with Gasteiger partial charge in [-0.15, -0.1) is 0 Å². The van der Waals surface area contributed by atoms with Gasteiger partial charge in [0.05, 0.1) is 11.2 Å². The fourth-order valence-electron chi connectivity index (χ4n) is 4.73. The van der Waals surface area contributed by atoms with E-state index in [-0.39, 0.29) is 11.4 Å². The van der Waals surface area contributed by atoms with Crippen LogP contribution in [-0.4, -0.2) is 35.9 Å². The van der Waals surface area contributed by atoms with Gasteiger partial charge in [-0.25, -0.2) is 14.0 Å². The highest BCUT2D eigenvalue weighted by Crippen LogP contribution is 2.32. The molecule has 2 amide bonds. The maximum atomic E-state index is 13.3. The van der Waals surface area contributed by atoms with Crippen molar-refractivity contribution in [1.82, 2.24) is 24.1 Å². The summed E-state index contributed by atoms with van der Waals surface area (Å²) >= 11 is 0. The van der Waals surface area contributed by atoms with E-state index in [1.807, 2.05) is 50.2 Å². The highest BCUT2D eigenvalue weighted by Gasteiger charge is 2.21. The molecular weight excluding hydrogens is 482 g/mol. The molecule has 0 bridgehead atoms. The fraction of sp³-hybridized carbons (Fsp3) is 0.179. The summed E-state index contributed by atoms with van der Waals surface area (Å²) in [7, 11) is 3.43. The molecule has 0 atom stereocenters. The molecule has 2 heterocycles. The van der Waals surface area contributed by atoms with E-state index in [0.29, 0.717) is 23.5 Å². The average molecular weight is 510 g/mol. The van der Waals surface area contributed by atoms with Gasteiger partial charge in [0.2, 0.25) is 5.91 Å². The number of fused-ring (bicyclic) bond motifs is 1. The van der Waals surface area contributed by atoms with Gasteiger partial charge >= 0.3 is 5.69 Å². The molecule has 5 rings (SSSR count). The molecule has 0 unspecified atom stereocenters. The second kappa shape index (κ2) is 9.47. The molecule has 38 heavy (non-hydrogen) atoms. The summed E-state index contributed by atoms with van der Waals surface area (Å²) in [6.45, 7) is 3.92. The molecule has 10 heteroatoms. The minimum Gasteiger partial charge on any atom is -0.366 e. The Hall–Kier alpha value is -4.99. The number of hydrogen-bond donors (Lipinski definition) is 2. The van der Waals surface area contributed by atoms with Crippen LogP contribution in [0.15, 0.2) is 65.5 Å². The normalized spacial score (nSPS) is 11.2. The number of primary amides is 1. The van der Waals surface area contributed by atoms with Crippen LogP contribution in [0.5, 0.6) is 0 Å². The molecule has 192 valence electrons. The third kappa shape index (κ3) is 4.15. The Morgan fingerprint density at radius 3 is 2.39 bits per heavy atom. The lowest BCUT2D eigenvalue weighted by molar-refractivity contribution is 0.0995. The van der Waals surface area contributed by atoms with Gasteiger partial charge in [-0.05, 0) is 60.0 Å². The van der Waals surface area contributed by atoms with Gasteiger partial charge in [0.15, 0.2) is 5.69 Å². The van der Waals surface area contributed by atoms with Crippen molar-refractivity contribution < 1.29 is 9.59 Å². The van der Waals surface area contributed by atoms with Crippen molar-refractivity contribution in [2.75, 3.05) is 5.32 Å². The van der Waals surface area contributed by atoms with Crippen LogP contribution in [0.4, 0.5) is 5.69 Å². The molecule has 3 N–H and O–H groups in total. The number of anilines is 1. The first-order valence-electron chi connectivity index (χ1n) is 12.1. The van der Waals surface area contributed by atoms with Crippen LogP contribution < -0.4 is 16.7 Å². The van der Waals surface area contributed by atoms with E-state index in [1.165, 1.54) is 10.7 Å². The Balaban J connectivity index is 1.53. The van der Waals surface area contributed by atoms with Crippen molar-refractivity contribution in [3.05, 3.63) is 93.8 Å². The van der Waals surface area contributed by atoms with Gasteiger partial charge in [0.1, 0.15) is 5.82 Å². The first-order valence-corrected chi connectivity index (χ1v) is 12.1. The van der Waals surface area contributed by atoms with Crippen LogP contribution in [0.25, 0.3) is 27.7 Å². The van der Waals surface area contributed by atoms with Crippen LogP contribution in [0.3, 0.4) is 0 Å². The number of carbonyl (C=O) groups excluding carboxylic acids is 2. The van der Waals surface area contributed by atoms with Crippen molar-refractivity contribution >= 4 is 28.4 Å². The summed E-state index contributed by atoms with van der Waals surface area (Å²) < 4.78 is 4.62. The highest BCUT2D eigenvalue weighted by atomic mass is 16.2. The predicted octanol–water partition coefficient (Wildman–Crippen LogP) is 3.35. The molecule has 0 aliphatic carbocycles. The lowest BCUT2D eigenvalue weighted by Crippen LogP contribution is -2.22. The maximum absolute atomic E-state index is 13.3. The molecule has 0 fully saturated rings. The number of carbonyl (C=O) groups is 2. The minimum atomic E-state index is -0.574. The van der Waals surface area contributed by atoms with E-state index in [2.05, 4.69) is 15.5 Å². The van der Waals surface area contributed by atoms with Crippen LogP contribution >= 0.6 is 0 Å². The number of rotatable bonds is 6. The second-order valence-corrected chi connectivity index (χ2v) is 9.06. The topological polar surface area (TPSA) is 130 Å². The van der Waals surface area contributed by atoms with Crippen LogP contribution in [0.2, 0.25) is 0 Å². The maximum Gasteiger partial charge on any atom is 0.350 e. The van der Waals surface area contributed by atoms with E-state index in [0.717, 1.165) is 33.3 Å². The van der Waals surface area contributed by atoms with Crippen LogP contribution in [-0.2, 0) is 20.5 Å². The number of hydrogen-bond acceptors (Lipinski definition) is 5. The van der Waals surface area contributed by atoms with Crippen molar-refractivity contribution in [1.29, 1.82) is 0 Å². The molecule has 2 aromatic heterocycles. The Kier molecular flexibility index (Phi) is 6.15. The predicted molar refractivity (Wildman–Crippen MR) is 146 cm³/mol. The van der Waals surface area contributed by atoms with E-state index >= 15 is 0 Å². The third-order valence-electron chi connectivity index (χ3n) is 6.64. The molecule has 0 saturated heterocycles. The molecule has 0 spiro atoms. The first kappa shape index (κ1) is 24.7. The summed E-state index contributed by atoms with van der Waals surface area (Å²) in [5.74, 6) is -0.277. The van der Waals surface area contributed by atoms with Gasteiger partial charge in [0.25, 0.3) is 5.91 Å². The Morgan fingerprint density at radius 2 is 1.71 bits per heavy atom. The van der Waals surface area contributed by atoms with E-state index < -0.39 is 11.8 Å². The molecule has 5 aromatic rings. The van der Waals surface area contributed by atoms with Crippen molar-refractivity contribution in [2.45, 2.75) is 20.3 Å². The van der Waals surface area contributed by atoms with Crippen molar-refractivity contribution in [2.24, 2.45) is 19.8 Å². The lowest BCUT2D eigenvalue weighted by Gasteiger charge is -2.11. The highest BCUT2D eigenvalue weighted by molar-refractivity contribution is 6.13. The largest absolute Gasteiger partial charge is 0.366 e. The van der Waals surface area contributed by atoms with Crippen LogP contribution in [0, 0.1) is 6.92 Å². The molecule has 3 aromatic carbocycles. The van der Waals surface area contributed by atoms with Gasteiger partial charge in [-0.1, -0.05) is 31.2 Å². The molecule has 10 nitrogen and oxygen atoms in total. The molecule has 0 aliphatic heterocycles. The molecule has 0 saturated carbocycles. The van der Waals surface area contributed by atoms with Gasteiger partial charge in [-0.2, -0.15) is 10.2 Å². The van der Waals surface area contributed by atoms with Crippen LogP contribution in [0.1, 0.15) is 39.2 Å². The Morgan fingerprint density at radius 1 is 0.974 bits per heavy atom. The number of nitrogens with zero attached hydrogens (tertiary/aromatic N) is 5. The van der Waals surface area contributed by atoms with Crippen molar-refractivity contribution in [3.8, 4) is 16.8 Å². The zero-order valence-corrected chi connectivity index (χ0v) is 21.5. The minimum absolute atomic E-state index is 0.195. The monoisotopic (exact) mass is 509 g/mol. The SMILES string of the molecule is CCc1nn(C)c(=O)n1-c1ccc(-c2ccc3c(c(C(=O)Nc4cccc(C(N)=O)c4)nn3C)c2C)cc1. The zero-order chi connectivity index (χ0) is 27.1. The fourth-order valence-corrected chi connectivity index (χ4v) is 4.73. The van der Waals surface area contributed by atoms with Gasteiger partial charge < -0.3 is 11.1 Å². The van der Waals surface area contributed by atoms with E-state index in [1.54, 1.807) is 41.5 Å². The van der Waals surface area contributed by atoms with Gasteiger partial charge in [0, 0.05) is 37.2 Å². The second-order valence-electron chi connectivity index (χ2n) is 9.06. The third-order valence-corrected chi connectivity index (χ3v) is 6.64. The van der Waals surface area contributed by atoms with Crippen molar-refractivity contribution in [3.63, 3.8) is 0 Å². The molecule has 0 radical (unpaired) electrons. The number of amides is 2. The Labute approximate surface area is 218 Å². The van der Waals surface area contributed by atoms with E-state index in [9.17, 15) is 14.4 Å². The zero-order valence-electron chi connectivity index (χ0n) is 21.5. The average Bonchev–Trinajstić information content (AvgIpc) is 3.40. The van der Waals surface area contributed by atoms with Gasteiger partial charge in [-0.3, -0.25) is 14.3 Å².